The average molecular weight is 467 g/mol. The topological polar surface area (TPSA) is 76.7 Å². The number of nitrogens with one attached hydrogen (secondary N) is 2. The number of hydrogen-bond donors (Lipinski definition) is 2. The molecule has 6 nitrogen and oxygen atoms in total. The van der Waals surface area contributed by atoms with Gasteiger partial charge >= 0.3 is 6.61 Å². The molecule has 0 heterocycles. The van der Waals surface area contributed by atoms with Gasteiger partial charge in [-0.2, -0.15) is 20.5 Å². The molecule has 1 unspecified atom stereocenters. The van der Waals surface area contributed by atoms with Gasteiger partial charge in [-0.1, -0.05) is 23.8 Å². The number of carbonyl (C=O) groups excluding carboxylic acids is 2. The van der Waals surface area contributed by atoms with Crippen LogP contribution in [-0.2, 0) is 11.2 Å². The van der Waals surface area contributed by atoms with Crippen LogP contribution in [0, 0.1) is 6.92 Å². The Labute approximate surface area is 191 Å². The highest BCUT2D eigenvalue weighted by Crippen LogP contribution is 2.29. The molecule has 2 rings (SSSR count). The molecule has 2 aromatic carbocycles. The van der Waals surface area contributed by atoms with Crippen LogP contribution in [0.1, 0.15) is 27.9 Å². The molecule has 9 heteroatoms. The van der Waals surface area contributed by atoms with E-state index in [4.69, 9.17) is 4.74 Å². The van der Waals surface area contributed by atoms with E-state index in [1.54, 1.807) is 36.0 Å². The summed E-state index contributed by atoms with van der Waals surface area (Å²) in [4.78, 5) is 25.3. The normalized spacial score (nSPS) is 11.7. The maximum atomic E-state index is 12.7. The number of aryl methyl sites for hydroxylation is 1. The van der Waals surface area contributed by atoms with Crippen LogP contribution >= 0.6 is 11.8 Å². The highest BCUT2D eigenvalue weighted by Gasteiger charge is 2.21. The molecule has 2 N–H and O–H groups in total. The third-order valence-corrected chi connectivity index (χ3v) is 5.31. The second-order valence-corrected chi connectivity index (χ2v) is 8.07. The fraction of sp³-hybridized carbons (Fsp3) is 0.391. The van der Waals surface area contributed by atoms with E-state index >= 15 is 0 Å². The molecule has 0 radical (unpaired) electrons. The van der Waals surface area contributed by atoms with Gasteiger partial charge in [0.1, 0.15) is 6.04 Å². The first kappa shape index (κ1) is 25.5. The zero-order valence-corrected chi connectivity index (χ0v) is 19.1. The number of methoxy groups -OCH3 is 1. The van der Waals surface area contributed by atoms with Crippen LogP contribution in [-0.4, -0.2) is 50.1 Å². The predicted molar refractivity (Wildman–Crippen MR) is 122 cm³/mol. The van der Waals surface area contributed by atoms with Crippen LogP contribution in [0.4, 0.5) is 8.78 Å². The lowest BCUT2D eigenvalue weighted by Gasteiger charge is -2.18. The van der Waals surface area contributed by atoms with E-state index in [-0.39, 0.29) is 29.9 Å². The lowest BCUT2D eigenvalue weighted by Crippen LogP contribution is -2.47. The quantitative estimate of drug-likeness (QED) is 0.498. The van der Waals surface area contributed by atoms with Crippen molar-refractivity contribution in [1.29, 1.82) is 0 Å². The zero-order valence-electron chi connectivity index (χ0n) is 18.3. The zero-order chi connectivity index (χ0) is 23.5. The van der Waals surface area contributed by atoms with Crippen molar-refractivity contribution >= 4 is 23.6 Å². The molecule has 0 aliphatic rings. The number of benzene rings is 2. The van der Waals surface area contributed by atoms with Crippen molar-refractivity contribution in [2.45, 2.75) is 32.4 Å². The summed E-state index contributed by atoms with van der Waals surface area (Å²) in [5.74, 6) is 0.249. The third kappa shape index (κ3) is 8.03. The van der Waals surface area contributed by atoms with Crippen molar-refractivity contribution in [3.8, 4) is 11.5 Å². The van der Waals surface area contributed by atoms with E-state index in [9.17, 15) is 18.4 Å². The van der Waals surface area contributed by atoms with Gasteiger partial charge in [0.15, 0.2) is 11.5 Å². The number of carbonyl (C=O) groups is 2. The fourth-order valence-corrected chi connectivity index (χ4v) is 3.52. The molecule has 2 amide bonds. The van der Waals surface area contributed by atoms with Gasteiger partial charge in [-0.15, -0.1) is 0 Å². The molecular weight excluding hydrogens is 438 g/mol. The summed E-state index contributed by atoms with van der Waals surface area (Å²) in [7, 11) is 1.37. The number of ether oxygens (including phenoxy) is 2. The summed E-state index contributed by atoms with van der Waals surface area (Å²) in [6, 6.07) is 11.2. The summed E-state index contributed by atoms with van der Waals surface area (Å²) >= 11 is 1.58. The second-order valence-electron chi connectivity index (χ2n) is 7.08. The molecule has 174 valence electrons. The number of amides is 2. The lowest BCUT2D eigenvalue weighted by atomic mass is 10.1. The van der Waals surface area contributed by atoms with E-state index in [1.165, 1.54) is 19.2 Å². The summed E-state index contributed by atoms with van der Waals surface area (Å²) in [5.41, 5.74) is 2.15. The third-order valence-electron chi connectivity index (χ3n) is 4.67. The van der Waals surface area contributed by atoms with Crippen LogP contribution in [0.5, 0.6) is 11.5 Å². The molecule has 32 heavy (non-hydrogen) atoms. The molecule has 0 aliphatic heterocycles. The second kappa shape index (κ2) is 12.9. The molecular formula is C23H28F2N2O4S. The molecule has 2 aromatic rings. The smallest absolute Gasteiger partial charge is 0.387 e. The van der Waals surface area contributed by atoms with Gasteiger partial charge in [-0.25, -0.2) is 0 Å². The van der Waals surface area contributed by atoms with Crippen molar-refractivity contribution in [1.82, 2.24) is 10.6 Å². The number of rotatable bonds is 12. The Morgan fingerprint density at radius 2 is 1.91 bits per heavy atom. The summed E-state index contributed by atoms with van der Waals surface area (Å²) in [6.07, 6.45) is 2.82. The minimum atomic E-state index is -2.96. The number of alkyl halides is 2. The number of thioether (sulfide) groups is 1. The Balaban J connectivity index is 1.97. The van der Waals surface area contributed by atoms with Crippen LogP contribution in [0.3, 0.4) is 0 Å². The molecule has 1 atom stereocenters. The Kier molecular flexibility index (Phi) is 10.3. The van der Waals surface area contributed by atoms with Crippen molar-refractivity contribution in [2.24, 2.45) is 0 Å². The molecule has 0 aliphatic carbocycles. The van der Waals surface area contributed by atoms with Gasteiger partial charge in [0, 0.05) is 12.1 Å². The van der Waals surface area contributed by atoms with Crippen LogP contribution < -0.4 is 20.1 Å². The van der Waals surface area contributed by atoms with Gasteiger partial charge in [0.2, 0.25) is 5.91 Å². The largest absolute Gasteiger partial charge is 0.493 e. The van der Waals surface area contributed by atoms with Crippen molar-refractivity contribution in [2.75, 3.05) is 25.7 Å². The van der Waals surface area contributed by atoms with Crippen LogP contribution in [0.15, 0.2) is 42.5 Å². The number of halogens is 2. The first-order valence-electron chi connectivity index (χ1n) is 10.1. The minimum absolute atomic E-state index is 0.0606. The van der Waals surface area contributed by atoms with Gasteiger partial charge in [0.25, 0.3) is 5.91 Å². The van der Waals surface area contributed by atoms with Crippen LogP contribution in [0.25, 0.3) is 0 Å². The van der Waals surface area contributed by atoms with Crippen molar-refractivity contribution < 1.29 is 27.8 Å². The van der Waals surface area contributed by atoms with E-state index in [1.807, 2.05) is 19.2 Å². The number of hydrogen-bond acceptors (Lipinski definition) is 5. The molecule has 0 saturated heterocycles. The van der Waals surface area contributed by atoms with Gasteiger partial charge in [-0.3, -0.25) is 9.59 Å². The maximum Gasteiger partial charge on any atom is 0.387 e. The molecule has 0 saturated carbocycles. The van der Waals surface area contributed by atoms with E-state index in [0.29, 0.717) is 29.7 Å². The maximum absolute atomic E-state index is 12.7. The van der Waals surface area contributed by atoms with Crippen molar-refractivity contribution in [3.63, 3.8) is 0 Å². The van der Waals surface area contributed by atoms with E-state index < -0.39 is 12.7 Å². The van der Waals surface area contributed by atoms with Crippen molar-refractivity contribution in [3.05, 3.63) is 59.2 Å². The SMILES string of the molecule is COc1ccc(CCNC(=O)C(CCSC)NC(=O)c2cccc(C)c2)cc1OC(F)F. The predicted octanol–water partition coefficient (Wildman–Crippen LogP) is 3.82. The molecule has 0 bridgehead atoms. The molecule has 0 aromatic heterocycles. The molecule has 0 spiro atoms. The lowest BCUT2D eigenvalue weighted by molar-refractivity contribution is -0.122. The fourth-order valence-electron chi connectivity index (χ4n) is 3.05. The molecule has 0 fully saturated rings. The Hall–Kier alpha value is -2.81. The summed E-state index contributed by atoms with van der Waals surface area (Å²) in [6.45, 7) is -0.797. The highest BCUT2D eigenvalue weighted by molar-refractivity contribution is 7.98. The highest BCUT2D eigenvalue weighted by atomic mass is 32.2. The van der Waals surface area contributed by atoms with E-state index in [2.05, 4.69) is 15.4 Å². The first-order chi connectivity index (χ1) is 15.3. The average Bonchev–Trinajstić information content (AvgIpc) is 2.76. The summed E-state index contributed by atoms with van der Waals surface area (Å²) in [5, 5.41) is 5.62. The minimum Gasteiger partial charge on any atom is -0.493 e. The van der Waals surface area contributed by atoms with Gasteiger partial charge in [-0.05, 0) is 61.6 Å². The Morgan fingerprint density at radius 3 is 2.56 bits per heavy atom. The van der Waals surface area contributed by atoms with E-state index in [0.717, 1.165) is 5.56 Å². The Morgan fingerprint density at radius 1 is 1.12 bits per heavy atom. The standard InChI is InChI=1S/C23H28F2N2O4S/c1-15-5-4-6-17(13-15)21(28)27-18(10-12-32-3)22(29)26-11-9-16-7-8-19(30-2)20(14-16)31-23(24)25/h4-8,13-14,18,23H,9-12H2,1-3H3,(H,26,29)(H,27,28). The summed E-state index contributed by atoms with van der Waals surface area (Å²) < 4.78 is 34.7. The van der Waals surface area contributed by atoms with Gasteiger partial charge < -0.3 is 20.1 Å². The first-order valence-corrected chi connectivity index (χ1v) is 11.5. The van der Waals surface area contributed by atoms with Gasteiger partial charge in [0.05, 0.1) is 7.11 Å². The van der Waals surface area contributed by atoms with Crippen LogP contribution in [0.2, 0.25) is 0 Å². The monoisotopic (exact) mass is 466 g/mol. The Bertz CT molecular complexity index is 911.